The lowest BCUT2D eigenvalue weighted by Gasteiger charge is -2.39. The Kier molecular flexibility index (Phi) is 4.08. The van der Waals surface area contributed by atoms with Crippen LogP contribution in [0, 0.1) is 5.92 Å². The lowest BCUT2D eigenvalue weighted by atomic mass is 9.84. The first-order valence-corrected chi connectivity index (χ1v) is 7.89. The number of nitrogens with zero attached hydrogens (tertiary/aromatic N) is 2. The van der Waals surface area contributed by atoms with Crippen LogP contribution in [0.5, 0.6) is 0 Å². The molecule has 0 unspecified atom stereocenters. The third-order valence-electron chi connectivity index (χ3n) is 4.29. The average Bonchev–Trinajstić information content (AvgIpc) is 2.40. The molecule has 2 fully saturated rings. The van der Waals surface area contributed by atoms with Gasteiger partial charge in [-0.2, -0.15) is 0 Å². The van der Waals surface area contributed by atoms with E-state index in [2.05, 4.69) is 4.90 Å². The van der Waals surface area contributed by atoms with Crippen LogP contribution < -0.4 is 4.90 Å². The predicted octanol–water partition coefficient (Wildman–Crippen LogP) is 3.44. The minimum absolute atomic E-state index is 0.288. The second-order valence-corrected chi connectivity index (χ2v) is 6.38. The zero-order valence-electron chi connectivity index (χ0n) is 11.3. The van der Waals surface area contributed by atoms with Crippen molar-refractivity contribution in [3.63, 3.8) is 0 Å². The smallest absolute Gasteiger partial charge is 0.225 e. The molecule has 0 bridgehead atoms. The summed E-state index contributed by atoms with van der Waals surface area (Å²) in [4.78, 5) is 16.4. The van der Waals surface area contributed by atoms with Crippen LogP contribution in [-0.2, 0) is 4.79 Å². The first kappa shape index (κ1) is 14.0. The Morgan fingerprint density at radius 1 is 1.10 bits per heavy atom. The summed E-state index contributed by atoms with van der Waals surface area (Å²) in [5.74, 6) is 0.629. The molecule has 1 saturated heterocycles. The molecule has 5 heteroatoms. The number of hydrogen-bond acceptors (Lipinski definition) is 2. The molecule has 1 aliphatic carbocycles. The van der Waals surface area contributed by atoms with Crippen molar-refractivity contribution in [1.82, 2.24) is 4.90 Å². The van der Waals surface area contributed by atoms with Gasteiger partial charge in [-0.25, -0.2) is 0 Å². The van der Waals surface area contributed by atoms with Gasteiger partial charge < -0.3 is 9.80 Å². The van der Waals surface area contributed by atoms with E-state index in [9.17, 15) is 4.79 Å². The molecule has 0 atom stereocenters. The molecule has 0 spiro atoms. The van der Waals surface area contributed by atoms with Crippen LogP contribution in [-0.4, -0.2) is 37.0 Å². The minimum Gasteiger partial charge on any atom is -0.367 e. The van der Waals surface area contributed by atoms with Gasteiger partial charge in [-0.15, -0.1) is 0 Å². The van der Waals surface area contributed by atoms with Crippen molar-refractivity contribution in [3.8, 4) is 0 Å². The number of piperazine rings is 1. The molecule has 3 nitrogen and oxygen atoms in total. The lowest BCUT2D eigenvalue weighted by Crippen LogP contribution is -2.51. The summed E-state index contributed by atoms with van der Waals surface area (Å²) in [6.07, 6.45) is 3.34. The molecule has 1 heterocycles. The largest absolute Gasteiger partial charge is 0.367 e. The van der Waals surface area contributed by atoms with E-state index < -0.39 is 0 Å². The Hall–Kier alpha value is -0.930. The van der Waals surface area contributed by atoms with E-state index in [1.807, 2.05) is 17.0 Å². The third kappa shape index (κ3) is 2.75. The van der Waals surface area contributed by atoms with Gasteiger partial charge in [0.1, 0.15) is 0 Å². The van der Waals surface area contributed by atoms with Crippen molar-refractivity contribution in [1.29, 1.82) is 0 Å². The second kappa shape index (κ2) is 5.82. The topological polar surface area (TPSA) is 23.6 Å². The maximum absolute atomic E-state index is 12.2. The molecule has 3 rings (SSSR count). The van der Waals surface area contributed by atoms with Gasteiger partial charge in [0.2, 0.25) is 5.91 Å². The maximum atomic E-state index is 12.2. The molecule has 0 radical (unpaired) electrons. The van der Waals surface area contributed by atoms with Crippen molar-refractivity contribution < 1.29 is 4.79 Å². The number of anilines is 1. The average molecular weight is 313 g/mol. The lowest BCUT2D eigenvalue weighted by molar-refractivity contribution is -0.138. The molecule has 1 aromatic rings. The quantitative estimate of drug-likeness (QED) is 0.835. The first-order valence-electron chi connectivity index (χ1n) is 7.14. The van der Waals surface area contributed by atoms with Crippen molar-refractivity contribution in [3.05, 3.63) is 28.2 Å². The van der Waals surface area contributed by atoms with Crippen LogP contribution >= 0.6 is 23.2 Å². The summed E-state index contributed by atoms with van der Waals surface area (Å²) < 4.78 is 0. The van der Waals surface area contributed by atoms with E-state index in [4.69, 9.17) is 23.2 Å². The SMILES string of the molecule is O=C(C1CCC1)N1CCN(c2cc(Cl)ccc2Cl)CC1. The van der Waals surface area contributed by atoms with Gasteiger partial charge in [-0.3, -0.25) is 4.79 Å². The van der Waals surface area contributed by atoms with Crippen LogP contribution in [0.25, 0.3) is 0 Å². The predicted molar refractivity (Wildman–Crippen MR) is 82.6 cm³/mol. The highest BCUT2D eigenvalue weighted by Gasteiger charge is 2.31. The molecule has 1 saturated carbocycles. The Morgan fingerprint density at radius 2 is 1.80 bits per heavy atom. The monoisotopic (exact) mass is 312 g/mol. The molecule has 1 aromatic carbocycles. The highest BCUT2D eigenvalue weighted by molar-refractivity contribution is 6.35. The van der Waals surface area contributed by atoms with E-state index in [1.54, 1.807) is 6.07 Å². The number of amides is 1. The van der Waals surface area contributed by atoms with Crippen LogP contribution in [0.15, 0.2) is 18.2 Å². The van der Waals surface area contributed by atoms with Crippen molar-refractivity contribution in [2.24, 2.45) is 5.92 Å². The maximum Gasteiger partial charge on any atom is 0.225 e. The van der Waals surface area contributed by atoms with Crippen molar-refractivity contribution in [2.45, 2.75) is 19.3 Å². The number of benzene rings is 1. The summed E-state index contributed by atoms with van der Waals surface area (Å²) in [5, 5.41) is 1.41. The molecule has 1 amide bonds. The molecular formula is C15H18Cl2N2O. The Bertz CT molecular complexity index is 509. The fourth-order valence-corrected chi connectivity index (χ4v) is 3.21. The van der Waals surface area contributed by atoms with Gasteiger partial charge >= 0.3 is 0 Å². The second-order valence-electron chi connectivity index (χ2n) is 5.54. The Labute approximate surface area is 129 Å². The van der Waals surface area contributed by atoms with E-state index in [-0.39, 0.29) is 5.92 Å². The summed E-state index contributed by atoms with van der Waals surface area (Å²) >= 11 is 12.3. The summed E-state index contributed by atoms with van der Waals surface area (Å²) in [7, 11) is 0. The normalized spacial score (nSPS) is 19.9. The number of rotatable bonds is 2. The zero-order chi connectivity index (χ0) is 14.1. The molecule has 2 aliphatic rings. The van der Waals surface area contributed by atoms with Crippen LogP contribution in [0.1, 0.15) is 19.3 Å². The molecule has 20 heavy (non-hydrogen) atoms. The van der Waals surface area contributed by atoms with E-state index >= 15 is 0 Å². The van der Waals surface area contributed by atoms with E-state index in [1.165, 1.54) is 6.42 Å². The van der Waals surface area contributed by atoms with Crippen molar-refractivity contribution >= 4 is 34.8 Å². The van der Waals surface area contributed by atoms with E-state index in [0.29, 0.717) is 16.0 Å². The van der Waals surface area contributed by atoms with Gasteiger partial charge in [-0.1, -0.05) is 29.6 Å². The number of hydrogen-bond donors (Lipinski definition) is 0. The van der Waals surface area contributed by atoms with Gasteiger partial charge in [0, 0.05) is 37.1 Å². The minimum atomic E-state index is 0.288. The Balaban J connectivity index is 1.63. The van der Waals surface area contributed by atoms with Crippen molar-refractivity contribution in [2.75, 3.05) is 31.1 Å². The van der Waals surface area contributed by atoms with Gasteiger partial charge in [-0.05, 0) is 31.0 Å². The fourth-order valence-electron chi connectivity index (χ4n) is 2.81. The zero-order valence-corrected chi connectivity index (χ0v) is 12.8. The molecular weight excluding hydrogens is 295 g/mol. The van der Waals surface area contributed by atoms with Crippen LogP contribution in [0.2, 0.25) is 10.0 Å². The van der Waals surface area contributed by atoms with Crippen LogP contribution in [0.3, 0.4) is 0 Å². The molecule has 0 aromatic heterocycles. The highest BCUT2D eigenvalue weighted by atomic mass is 35.5. The first-order chi connectivity index (χ1) is 9.65. The molecule has 0 N–H and O–H groups in total. The fraction of sp³-hybridized carbons (Fsp3) is 0.533. The number of carbonyl (C=O) groups excluding carboxylic acids is 1. The standard InChI is InChI=1S/C15H18Cl2N2O/c16-12-4-5-13(17)14(10-12)18-6-8-19(9-7-18)15(20)11-2-1-3-11/h4-5,10-11H,1-3,6-9H2. The molecule has 1 aliphatic heterocycles. The van der Waals surface area contributed by atoms with E-state index in [0.717, 1.165) is 44.7 Å². The number of halogens is 2. The number of carbonyl (C=O) groups is 1. The molecule has 108 valence electrons. The highest BCUT2D eigenvalue weighted by Crippen LogP contribution is 2.31. The third-order valence-corrected chi connectivity index (χ3v) is 4.85. The summed E-state index contributed by atoms with van der Waals surface area (Å²) in [5.41, 5.74) is 0.968. The van der Waals surface area contributed by atoms with Crippen LogP contribution in [0.4, 0.5) is 5.69 Å². The van der Waals surface area contributed by atoms with Gasteiger partial charge in [0.25, 0.3) is 0 Å². The Morgan fingerprint density at radius 3 is 2.40 bits per heavy atom. The van der Waals surface area contributed by atoms with Gasteiger partial charge in [0.15, 0.2) is 0 Å². The summed E-state index contributed by atoms with van der Waals surface area (Å²) in [6, 6.07) is 5.52. The summed E-state index contributed by atoms with van der Waals surface area (Å²) in [6.45, 7) is 3.19. The van der Waals surface area contributed by atoms with Gasteiger partial charge in [0.05, 0.1) is 10.7 Å².